The van der Waals surface area contributed by atoms with Crippen molar-refractivity contribution in [3.63, 3.8) is 0 Å². The largest absolute Gasteiger partial charge is 0.463 e. The van der Waals surface area contributed by atoms with Crippen molar-refractivity contribution in [2.45, 2.75) is 33.2 Å². The van der Waals surface area contributed by atoms with Crippen molar-refractivity contribution < 1.29 is 19.1 Å². The van der Waals surface area contributed by atoms with E-state index in [2.05, 4.69) is 0 Å². The number of fused-ring (bicyclic) bond motifs is 1. The first-order valence-corrected chi connectivity index (χ1v) is 7.21. The molecule has 2 atom stereocenters. The Morgan fingerprint density at radius 1 is 1.33 bits per heavy atom. The first-order valence-electron chi connectivity index (χ1n) is 7.21. The van der Waals surface area contributed by atoms with Gasteiger partial charge in [0.05, 0.1) is 18.2 Å². The summed E-state index contributed by atoms with van der Waals surface area (Å²) in [5.41, 5.74) is 1.53. The Bertz CT molecular complexity index is 544. The fourth-order valence-electron chi connectivity index (χ4n) is 2.69. The van der Waals surface area contributed by atoms with E-state index in [1.165, 1.54) is 0 Å². The molecule has 2 rings (SSSR count). The van der Waals surface area contributed by atoms with Crippen LogP contribution in [0.1, 0.15) is 27.2 Å². The Balaban J connectivity index is 2.28. The lowest BCUT2D eigenvalue weighted by atomic mass is 9.90. The number of allylic oxidation sites excluding steroid dienone is 2. The van der Waals surface area contributed by atoms with Gasteiger partial charge in [-0.25, -0.2) is 4.79 Å². The van der Waals surface area contributed by atoms with E-state index in [9.17, 15) is 9.59 Å². The molecule has 0 N–H and O–H groups in total. The number of ether oxygens (including phenoxy) is 2. The lowest BCUT2D eigenvalue weighted by Gasteiger charge is -2.26. The highest BCUT2D eigenvalue weighted by Crippen LogP contribution is 2.38. The Morgan fingerprint density at radius 2 is 2.05 bits per heavy atom. The van der Waals surface area contributed by atoms with Crippen LogP contribution in [0, 0.1) is 5.92 Å². The van der Waals surface area contributed by atoms with E-state index in [1.807, 2.05) is 31.0 Å². The van der Waals surface area contributed by atoms with Crippen LogP contribution in [0.25, 0.3) is 0 Å². The number of carbonyl (C=O) groups is 2. The van der Waals surface area contributed by atoms with E-state index in [0.29, 0.717) is 24.4 Å². The second-order valence-electron chi connectivity index (χ2n) is 5.10. The van der Waals surface area contributed by atoms with E-state index in [1.54, 1.807) is 19.9 Å². The van der Waals surface area contributed by atoms with E-state index < -0.39 is 0 Å². The molecule has 0 fully saturated rings. The van der Waals surface area contributed by atoms with Crippen molar-refractivity contribution in [3.05, 3.63) is 35.3 Å². The number of nitrogens with zero attached hydrogens (tertiary/aromatic N) is 1. The van der Waals surface area contributed by atoms with Gasteiger partial charge in [0.25, 0.3) is 0 Å². The Hall–Kier alpha value is -2.04. The van der Waals surface area contributed by atoms with Gasteiger partial charge in [0.2, 0.25) is 0 Å². The SMILES string of the molecule is CCOC(=O)C1=C(C)N(C)[C@H]2C=CC(OC(=O)CC)=C[C@H]12. The van der Waals surface area contributed by atoms with Crippen molar-refractivity contribution in [2.75, 3.05) is 13.7 Å². The van der Waals surface area contributed by atoms with Crippen LogP contribution >= 0.6 is 0 Å². The molecular formula is C16H21NO4. The number of esters is 2. The molecule has 5 nitrogen and oxygen atoms in total. The first kappa shape index (κ1) is 15.4. The molecule has 0 aromatic carbocycles. The maximum absolute atomic E-state index is 12.2. The van der Waals surface area contributed by atoms with Gasteiger partial charge in [0.15, 0.2) is 0 Å². The molecule has 0 unspecified atom stereocenters. The van der Waals surface area contributed by atoms with Crippen molar-refractivity contribution >= 4 is 11.9 Å². The molecule has 0 aromatic heterocycles. The molecule has 0 amide bonds. The highest BCUT2D eigenvalue weighted by molar-refractivity contribution is 5.91. The summed E-state index contributed by atoms with van der Waals surface area (Å²) in [6.07, 6.45) is 5.89. The predicted molar refractivity (Wildman–Crippen MR) is 78.0 cm³/mol. The van der Waals surface area contributed by atoms with Crippen LogP contribution in [0.4, 0.5) is 0 Å². The lowest BCUT2D eigenvalue weighted by molar-refractivity contribution is -0.139. The van der Waals surface area contributed by atoms with Crippen LogP contribution in [0.15, 0.2) is 35.3 Å². The minimum Gasteiger partial charge on any atom is -0.463 e. The molecule has 0 saturated heterocycles. The molecule has 1 heterocycles. The van der Waals surface area contributed by atoms with Gasteiger partial charge in [-0.2, -0.15) is 0 Å². The molecule has 0 saturated carbocycles. The minimum absolute atomic E-state index is 0.0634. The molecule has 0 aromatic rings. The standard InChI is InChI=1S/C16H21NO4/c1-5-14(18)21-11-7-8-13-12(9-11)15(10(3)17(13)4)16(19)20-6-2/h7-9,12-13H,5-6H2,1-4H3/t12-,13-/m0/s1. The average molecular weight is 291 g/mol. The molecule has 0 spiro atoms. The summed E-state index contributed by atoms with van der Waals surface area (Å²) in [4.78, 5) is 25.6. The summed E-state index contributed by atoms with van der Waals surface area (Å²) < 4.78 is 10.4. The van der Waals surface area contributed by atoms with Gasteiger partial charge in [0.1, 0.15) is 5.76 Å². The maximum Gasteiger partial charge on any atom is 0.336 e. The zero-order valence-electron chi connectivity index (χ0n) is 12.9. The molecule has 0 radical (unpaired) electrons. The monoisotopic (exact) mass is 291 g/mol. The molecule has 0 bridgehead atoms. The molecule has 2 aliphatic rings. The number of carbonyl (C=O) groups excluding carboxylic acids is 2. The van der Waals surface area contributed by atoms with Crippen molar-refractivity contribution in [1.82, 2.24) is 4.90 Å². The number of likely N-dealkylation sites (N-methyl/N-ethyl adjacent to an activating group) is 1. The summed E-state index contributed by atoms with van der Waals surface area (Å²) in [7, 11) is 1.94. The van der Waals surface area contributed by atoms with Gasteiger partial charge in [-0.3, -0.25) is 4.79 Å². The van der Waals surface area contributed by atoms with Gasteiger partial charge in [0, 0.05) is 25.1 Å². The second-order valence-corrected chi connectivity index (χ2v) is 5.10. The zero-order chi connectivity index (χ0) is 15.6. The van der Waals surface area contributed by atoms with Gasteiger partial charge in [-0.05, 0) is 26.0 Å². The Morgan fingerprint density at radius 3 is 2.67 bits per heavy atom. The molecule has 1 aliphatic carbocycles. The Labute approximate surface area is 124 Å². The number of hydrogen-bond acceptors (Lipinski definition) is 5. The highest BCUT2D eigenvalue weighted by Gasteiger charge is 2.40. The number of hydrogen-bond donors (Lipinski definition) is 0. The summed E-state index contributed by atoms with van der Waals surface area (Å²) >= 11 is 0. The Kier molecular flexibility index (Phi) is 4.50. The second kappa shape index (κ2) is 6.16. The average Bonchev–Trinajstić information content (AvgIpc) is 2.70. The van der Waals surface area contributed by atoms with Crippen LogP contribution in [-0.2, 0) is 19.1 Å². The predicted octanol–water partition coefficient (Wildman–Crippen LogP) is 2.16. The van der Waals surface area contributed by atoms with E-state index >= 15 is 0 Å². The van der Waals surface area contributed by atoms with Crippen LogP contribution < -0.4 is 0 Å². The molecule has 1 aliphatic heterocycles. The lowest BCUT2D eigenvalue weighted by Crippen LogP contribution is -2.30. The summed E-state index contributed by atoms with van der Waals surface area (Å²) in [6, 6.07) is 0.0634. The third kappa shape index (κ3) is 2.86. The molecular weight excluding hydrogens is 270 g/mol. The van der Waals surface area contributed by atoms with Gasteiger partial charge >= 0.3 is 11.9 Å². The summed E-state index contributed by atoms with van der Waals surface area (Å²) in [5.74, 6) is -0.233. The minimum atomic E-state index is -0.304. The third-order valence-corrected chi connectivity index (χ3v) is 3.88. The fourth-order valence-corrected chi connectivity index (χ4v) is 2.69. The first-order chi connectivity index (χ1) is 9.99. The fraction of sp³-hybridized carbons (Fsp3) is 0.500. The van der Waals surface area contributed by atoms with Crippen molar-refractivity contribution in [1.29, 1.82) is 0 Å². The maximum atomic E-state index is 12.2. The van der Waals surface area contributed by atoms with Crippen LogP contribution in [0.3, 0.4) is 0 Å². The van der Waals surface area contributed by atoms with Gasteiger partial charge in [-0.15, -0.1) is 0 Å². The summed E-state index contributed by atoms with van der Waals surface area (Å²) in [6.45, 7) is 5.78. The van der Waals surface area contributed by atoms with Crippen LogP contribution in [-0.4, -0.2) is 36.5 Å². The van der Waals surface area contributed by atoms with Crippen LogP contribution in [0.2, 0.25) is 0 Å². The molecule has 5 heteroatoms. The van der Waals surface area contributed by atoms with Crippen molar-refractivity contribution in [3.8, 4) is 0 Å². The smallest absolute Gasteiger partial charge is 0.336 e. The summed E-state index contributed by atoms with van der Waals surface area (Å²) in [5, 5.41) is 0. The molecule has 21 heavy (non-hydrogen) atoms. The van der Waals surface area contributed by atoms with Gasteiger partial charge in [-0.1, -0.05) is 13.0 Å². The van der Waals surface area contributed by atoms with Crippen molar-refractivity contribution in [2.24, 2.45) is 5.92 Å². The normalized spacial score (nSPS) is 23.8. The van der Waals surface area contributed by atoms with Crippen LogP contribution in [0.5, 0.6) is 0 Å². The third-order valence-electron chi connectivity index (χ3n) is 3.88. The van der Waals surface area contributed by atoms with E-state index in [-0.39, 0.29) is 23.9 Å². The molecule has 114 valence electrons. The highest BCUT2D eigenvalue weighted by atomic mass is 16.5. The van der Waals surface area contributed by atoms with E-state index in [0.717, 1.165) is 5.70 Å². The zero-order valence-corrected chi connectivity index (χ0v) is 12.9. The number of rotatable bonds is 4. The quantitative estimate of drug-likeness (QED) is 0.743. The topological polar surface area (TPSA) is 55.8 Å². The van der Waals surface area contributed by atoms with Gasteiger partial charge < -0.3 is 14.4 Å². The van der Waals surface area contributed by atoms with E-state index in [4.69, 9.17) is 9.47 Å².